The van der Waals surface area contributed by atoms with Gasteiger partial charge in [-0.25, -0.2) is 4.39 Å². The number of rotatable bonds is 4. The highest BCUT2D eigenvalue weighted by molar-refractivity contribution is 7.14. The molecule has 0 unspecified atom stereocenters. The first-order valence-electron chi connectivity index (χ1n) is 9.92. The lowest BCUT2D eigenvalue weighted by Gasteiger charge is -2.38. The molecule has 2 atom stereocenters. The van der Waals surface area contributed by atoms with E-state index in [1.165, 1.54) is 23.5 Å². The second kappa shape index (κ2) is 7.54. The molecule has 1 fully saturated rings. The summed E-state index contributed by atoms with van der Waals surface area (Å²) in [4.78, 5) is 27.5. The molecule has 160 valence electrons. The van der Waals surface area contributed by atoms with E-state index in [4.69, 9.17) is 4.74 Å². The van der Waals surface area contributed by atoms with E-state index >= 15 is 0 Å². The van der Waals surface area contributed by atoms with Gasteiger partial charge in [0.25, 0.3) is 5.91 Å². The number of aromatic nitrogens is 3. The van der Waals surface area contributed by atoms with Gasteiger partial charge in [0.1, 0.15) is 10.8 Å². The van der Waals surface area contributed by atoms with Crippen molar-refractivity contribution in [1.82, 2.24) is 19.7 Å². The van der Waals surface area contributed by atoms with Crippen molar-refractivity contribution in [3.05, 3.63) is 62.8 Å². The smallest absolute Gasteiger partial charge is 0.274 e. The quantitative estimate of drug-likeness (QED) is 0.666. The van der Waals surface area contributed by atoms with Crippen LogP contribution in [0.1, 0.15) is 34.0 Å². The van der Waals surface area contributed by atoms with E-state index in [-0.39, 0.29) is 35.1 Å². The normalized spacial score (nSPS) is 20.1. The number of likely N-dealkylation sites (N-methyl/N-ethyl adjacent to an activating group) is 1. The average molecular weight is 442 g/mol. The number of aromatic hydroxyl groups is 1. The summed E-state index contributed by atoms with van der Waals surface area (Å²) in [5, 5.41) is 19.9. The van der Waals surface area contributed by atoms with Gasteiger partial charge in [-0.15, -0.1) is 10.2 Å². The molecule has 2 aliphatic heterocycles. The lowest BCUT2D eigenvalue weighted by Crippen LogP contribution is -2.51. The summed E-state index contributed by atoms with van der Waals surface area (Å²) in [6.07, 6.45) is 2.02. The largest absolute Gasteiger partial charge is 0.503 e. The van der Waals surface area contributed by atoms with Crippen LogP contribution in [-0.2, 0) is 11.2 Å². The number of ether oxygens (including phenoxy) is 1. The van der Waals surface area contributed by atoms with Crippen LogP contribution in [0.25, 0.3) is 10.6 Å². The summed E-state index contributed by atoms with van der Waals surface area (Å²) in [5.41, 5.74) is 0.383. The summed E-state index contributed by atoms with van der Waals surface area (Å²) >= 11 is 1.22. The molecule has 1 saturated heterocycles. The van der Waals surface area contributed by atoms with Crippen LogP contribution < -0.4 is 5.43 Å². The van der Waals surface area contributed by atoms with Gasteiger partial charge < -0.3 is 19.3 Å². The second-order valence-electron chi connectivity index (χ2n) is 7.54. The van der Waals surface area contributed by atoms with Crippen LogP contribution in [0.4, 0.5) is 4.39 Å². The first kappa shape index (κ1) is 19.8. The monoisotopic (exact) mass is 442 g/mol. The van der Waals surface area contributed by atoms with Crippen molar-refractivity contribution in [3.8, 4) is 16.3 Å². The molecule has 1 aromatic carbocycles. The third kappa shape index (κ3) is 3.22. The molecule has 3 aromatic rings. The Bertz CT molecular complexity index is 1220. The number of carbonyl (C=O) groups is 1. The Morgan fingerprint density at radius 1 is 1.19 bits per heavy atom. The predicted molar refractivity (Wildman–Crippen MR) is 111 cm³/mol. The van der Waals surface area contributed by atoms with Gasteiger partial charge in [0.15, 0.2) is 16.5 Å². The van der Waals surface area contributed by atoms with Gasteiger partial charge >= 0.3 is 0 Å². The maximum Gasteiger partial charge on any atom is 0.274 e. The molecule has 1 N–H and O–H groups in total. The minimum absolute atomic E-state index is 0.0154. The molecular weight excluding hydrogens is 423 g/mol. The van der Waals surface area contributed by atoms with Crippen molar-refractivity contribution in [1.29, 1.82) is 0 Å². The molecule has 5 rings (SSSR count). The van der Waals surface area contributed by atoms with E-state index in [0.717, 1.165) is 5.56 Å². The zero-order valence-electron chi connectivity index (χ0n) is 16.6. The summed E-state index contributed by atoms with van der Waals surface area (Å²) < 4.78 is 20.4. The lowest BCUT2D eigenvalue weighted by atomic mass is 10.0. The van der Waals surface area contributed by atoms with Gasteiger partial charge in [-0.1, -0.05) is 23.5 Å². The Kier molecular flexibility index (Phi) is 4.82. The number of hydrogen-bond donors (Lipinski definition) is 1. The van der Waals surface area contributed by atoms with Crippen molar-refractivity contribution in [3.63, 3.8) is 0 Å². The highest BCUT2D eigenvalue weighted by atomic mass is 32.1. The Hall–Kier alpha value is -3.11. The fraction of sp³-hybridized carbons (Fsp3) is 0.333. The van der Waals surface area contributed by atoms with Gasteiger partial charge in [0.2, 0.25) is 5.43 Å². The second-order valence-corrected chi connectivity index (χ2v) is 8.61. The number of pyridine rings is 1. The van der Waals surface area contributed by atoms with Gasteiger partial charge in [0.05, 0.1) is 30.9 Å². The number of benzene rings is 1. The van der Waals surface area contributed by atoms with Crippen LogP contribution >= 0.6 is 11.3 Å². The number of nitrogens with zero attached hydrogens (tertiary/aromatic N) is 4. The molecule has 0 bridgehead atoms. The average Bonchev–Trinajstić information content (AvgIpc) is 3.42. The van der Waals surface area contributed by atoms with Crippen molar-refractivity contribution >= 4 is 17.2 Å². The van der Waals surface area contributed by atoms with Crippen LogP contribution in [0, 0.1) is 5.82 Å². The summed E-state index contributed by atoms with van der Waals surface area (Å²) in [6, 6.07) is 5.75. The zero-order chi connectivity index (χ0) is 21.7. The number of carbonyl (C=O) groups excluding carboxylic acids is 1. The summed E-state index contributed by atoms with van der Waals surface area (Å²) in [7, 11) is 0. The Balaban J connectivity index is 1.55. The fourth-order valence-electron chi connectivity index (χ4n) is 4.22. The molecule has 0 saturated carbocycles. The van der Waals surface area contributed by atoms with Gasteiger partial charge in [0, 0.05) is 19.2 Å². The molecular formula is C21H19FN4O4S. The van der Waals surface area contributed by atoms with Crippen molar-refractivity contribution in [2.24, 2.45) is 0 Å². The van der Waals surface area contributed by atoms with Crippen LogP contribution in [0.2, 0.25) is 0 Å². The molecule has 10 heteroatoms. The molecule has 31 heavy (non-hydrogen) atoms. The molecule has 4 heterocycles. The van der Waals surface area contributed by atoms with E-state index in [1.54, 1.807) is 27.8 Å². The van der Waals surface area contributed by atoms with E-state index < -0.39 is 11.2 Å². The van der Waals surface area contributed by atoms with E-state index in [0.29, 0.717) is 36.2 Å². The number of fused-ring (bicyclic) bond motifs is 3. The molecule has 0 spiro atoms. The van der Waals surface area contributed by atoms with E-state index in [9.17, 15) is 19.1 Å². The van der Waals surface area contributed by atoms with E-state index in [1.807, 2.05) is 6.92 Å². The fourth-order valence-corrected chi connectivity index (χ4v) is 5.10. The standard InChI is InChI=1S/C21H19FN4O4S/c1-2-25-14-9-30-10-15(14)26-8-13(18(27)19(28)17(26)21(25)29)20-24-23-16(31-20)7-11-3-5-12(22)6-4-11/h3-6,8,14-15,28H,2,7,9-10H2,1H3/t14-,15+/m0/s1. The highest BCUT2D eigenvalue weighted by Crippen LogP contribution is 2.36. The topological polar surface area (TPSA) is 97.5 Å². The maximum absolute atomic E-state index is 13.1. The van der Waals surface area contributed by atoms with Crippen LogP contribution in [0.5, 0.6) is 5.75 Å². The third-order valence-corrected chi connectivity index (χ3v) is 6.72. The van der Waals surface area contributed by atoms with Crippen molar-refractivity contribution < 1.29 is 19.0 Å². The molecule has 2 aromatic heterocycles. The Morgan fingerprint density at radius 2 is 1.94 bits per heavy atom. The first-order chi connectivity index (χ1) is 15.0. The molecule has 0 aliphatic carbocycles. The third-order valence-electron chi connectivity index (χ3n) is 5.76. The summed E-state index contributed by atoms with van der Waals surface area (Å²) in [6.45, 7) is 3.11. The van der Waals surface area contributed by atoms with Crippen molar-refractivity contribution in [2.75, 3.05) is 19.8 Å². The molecule has 0 radical (unpaired) electrons. The molecule has 8 nitrogen and oxygen atoms in total. The highest BCUT2D eigenvalue weighted by Gasteiger charge is 2.44. The van der Waals surface area contributed by atoms with Crippen LogP contribution in [-0.4, -0.2) is 56.5 Å². The summed E-state index contributed by atoms with van der Waals surface area (Å²) in [5.74, 6) is -1.28. The first-order valence-corrected chi connectivity index (χ1v) is 10.7. The maximum atomic E-state index is 13.1. The van der Waals surface area contributed by atoms with Gasteiger partial charge in [-0.05, 0) is 24.6 Å². The predicted octanol–water partition coefficient (Wildman–Crippen LogP) is 2.22. The molecule has 1 amide bonds. The SMILES string of the molecule is CCN1C(=O)c2c(O)c(=O)c(-c3nnc(Cc4ccc(F)cc4)s3)cn2[C@@H]2COC[C@@H]21. The molecule has 2 aliphatic rings. The van der Waals surface area contributed by atoms with E-state index in [2.05, 4.69) is 10.2 Å². The number of amides is 1. The lowest BCUT2D eigenvalue weighted by molar-refractivity contribution is 0.0571. The van der Waals surface area contributed by atoms with Crippen LogP contribution in [0.15, 0.2) is 35.3 Å². The van der Waals surface area contributed by atoms with Crippen molar-refractivity contribution in [2.45, 2.75) is 25.4 Å². The zero-order valence-corrected chi connectivity index (χ0v) is 17.4. The Labute approximate surface area is 180 Å². The number of hydrogen-bond acceptors (Lipinski definition) is 7. The van der Waals surface area contributed by atoms with Gasteiger partial charge in [-0.2, -0.15) is 0 Å². The van der Waals surface area contributed by atoms with Gasteiger partial charge in [-0.3, -0.25) is 9.59 Å². The Morgan fingerprint density at radius 3 is 2.68 bits per heavy atom. The number of halogens is 1. The minimum atomic E-state index is -0.655. The minimum Gasteiger partial charge on any atom is -0.503 e. The van der Waals surface area contributed by atoms with Crippen LogP contribution in [0.3, 0.4) is 0 Å².